The van der Waals surface area contributed by atoms with Crippen LogP contribution in [0.25, 0.3) is 0 Å². The van der Waals surface area contributed by atoms with Crippen molar-refractivity contribution in [3.63, 3.8) is 0 Å². The number of hydrogen-bond donors (Lipinski definition) is 2. The quantitative estimate of drug-likeness (QED) is 0.653. The number of aromatic nitrogens is 1. The molecule has 4 heteroatoms. The van der Waals surface area contributed by atoms with Crippen molar-refractivity contribution in [3.05, 3.63) is 93.8 Å². The number of nitrogens with zero attached hydrogens (tertiary/aromatic N) is 1. The van der Waals surface area contributed by atoms with E-state index in [1.165, 1.54) is 16.7 Å². The minimum atomic E-state index is -0.866. The van der Waals surface area contributed by atoms with Gasteiger partial charge in [0, 0.05) is 36.6 Å². The van der Waals surface area contributed by atoms with E-state index in [2.05, 4.69) is 47.1 Å². The number of carbonyl (C=O) groups is 1. The summed E-state index contributed by atoms with van der Waals surface area (Å²) in [7, 11) is 0. The van der Waals surface area contributed by atoms with Crippen LogP contribution in [0.2, 0.25) is 0 Å². The van der Waals surface area contributed by atoms with Crippen molar-refractivity contribution < 1.29 is 9.90 Å². The molecule has 0 unspecified atom stereocenters. The van der Waals surface area contributed by atoms with Crippen molar-refractivity contribution in [3.8, 4) is 0 Å². The minimum Gasteiger partial charge on any atom is -0.478 e. The molecule has 140 valence electrons. The predicted molar refractivity (Wildman–Crippen MR) is 108 cm³/mol. The molecule has 0 aliphatic heterocycles. The van der Waals surface area contributed by atoms with Gasteiger partial charge in [-0.25, -0.2) is 4.79 Å². The van der Waals surface area contributed by atoms with Crippen LogP contribution in [0.1, 0.15) is 44.0 Å². The topological polar surface area (TPSA) is 54.3 Å². The van der Waals surface area contributed by atoms with Crippen LogP contribution in [0, 0.1) is 20.8 Å². The molecular formula is C23H26N2O2. The Labute approximate surface area is 160 Å². The van der Waals surface area contributed by atoms with Gasteiger partial charge in [0.2, 0.25) is 0 Å². The van der Waals surface area contributed by atoms with E-state index in [1.807, 2.05) is 38.1 Å². The second-order valence-corrected chi connectivity index (χ2v) is 6.99. The molecule has 27 heavy (non-hydrogen) atoms. The first-order chi connectivity index (χ1) is 13.0. The lowest BCUT2D eigenvalue weighted by Crippen LogP contribution is -2.15. The van der Waals surface area contributed by atoms with Crippen molar-refractivity contribution in [2.24, 2.45) is 0 Å². The summed E-state index contributed by atoms with van der Waals surface area (Å²) >= 11 is 0. The van der Waals surface area contributed by atoms with Gasteiger partial charge in [-0.15, -0.1) is 0 Å². The third kappa shape index (κ3) is 4.29. The van der Waals surface area contributed by atoms with Crippen molar-refractivity contribution in [2.45, 2.75) is 40.4 Å². The van der Waals surface area contributed by atoms with Crippen molar-refractivity contribution in [2.75, 3.05) is 0 Å². The van der Waals surface area contributed by atoms with Gasteiger partial charge in [-0.1, -0.05) is 60.2 Å². The van der Waals surface area contributed by atoms with E-state index in [0.717, 1.165) is 17.0 Å². The fraction of sp³-hybridized carbons (Fsp3) is 0.261. The van der Waals surface area contributed by atoms with Gasteiger partial charge in [-0.05, 0) is 31.9 Å². The molecule has 3 rings (SSSR count). The molecular weight excluding hydrogens is 336 g/mol. The first kappa shape index (κ1) is 18.9. The lowest BCUT2D eigenvalue weighted by Gasteiger charge is -2.11. The minimum absolute atomic E-state index is 0.417. The number of aromatic carboxylic acids is 1. The van der Waals surface area contributed by atoms with Crippen LogP contribution in [0.3, 0.4) is 0 Å². The second kappa shape index (κ2) is 8.23. The van der Waals surface area contributed by atoms with Gasteiger partial charge in [0.05, 0.1) is 5.56 Å². The van der Waals surface area contributed by atoms with Gasteiger partial charge in [0.15, 0.2) is 0 Å². The Bertz CT molecular complexity index is 943. The Kier molecular flexibility index (Phi) is 5.77. The fourth-order valence-electron chi connectivity index (χ4n) is 3.61. The molecule has 0 aliphatic carbocycles. The normalized spacial score (nSPS) is 10.9. The SMILES string of the molecule is Cc1cccc(Cn2c(C)c(CNCc3ccccc3)c(C(=O)O)c2C)c1. The number of nitrogens with one attached hydrogen (secondary N) is 1. The zero-order valence-corrected chi connectivity index (χ0v) is 16.1. The Morgan fingerprint density at radius 2 is 1.63 bits per heavy atom. The summed E-state index contributed by atoms with van der Waals surface area (Å²) in [5.41, 5.74) is 6.66. The molecule has 0 saturated carbocycles. The third-order valence-corrected chi connectivity index (χ3v) is 5.02. The molecule has 1 aromatic heterocycles. The molecule has 1 heterocycles. The molecule has 2 aromatic carbocycles. The van der Waals surface area contributed by atoms with Crippen molar-refractivity contribution in [1.82, 2.24) is 9.88 Å². The maximum Gasteiger partial charge on any atom is 0.337 e. The van der Waals surface area contributed by atoms with Crippen molar-refractivity contribution in [1.29, 1.82) is 0 Å². The van der Waals surface area contributed by atoms with Crippen LogP contribution in [0.15, 0.2) is 54.6 Å². The molecule has 0 aliphatic rings. The van der Waals surface area contributed by atoms with Crippen LogP contribution < -0.4 is 5.32 Å². The van der Waals surface area contributed by atoms with Gasteiger partial charge in [-0.2, -0.15) is 0 Å². The predicted octanol–water partition coefficient (Wildman–Crippen LogP) is 4.45. The molecule has 2 N–H and O–H groups in total. The average molecular weight is 362 g/mol. The van der Waals surface area contributed by atoms with Gasteiger partial charge in [0.25, 0.3) is 0 Å². The first-order valence-corrected chi connectivity index (χ1v) is 9.19. The molecule has 0 bridgehead atoms. The van der Waals surface area contributed by atoms with Gasteiger partial charge in [-0.3, -0.25) is 0 Å². The molecule has 0 saturated heterocycles. The summed E-state index contributed by atoms with van der Waals surface area (Å²) in [6, 6.07) is 18.5. The van der Waals surface area contributed by atoms with E-state index in [4.69, 9.17) is 0 Å². The number of hydrogen-bond acceptors (Lipinski definition) is 2. The molecule has 0 atom stereocenters. The average Bonchev–Trinajstić information content (AvgIpc) is 2.87. The molecule has 0 spiro atoms. The van der Waals surface area contributed by atoms with E-state index >= 15 is 0 Å². The van der Waals surface area contributed by atoms with Gasteiger partial charge >= 0.3 is 5.97 Å². The van der Waals surface area contributed by atoms with E-state index in [9.17, 15) is 9.90 Å². The lowest BCUT2D eigenvalue weighted by molar-refractivity contribution is 0.0694. The van der Waals surface area contributed by atoms with Gasteiger partial charge < -0.3 is 15.0 Å². The van der Waals surface area contributed by atoms with Crippen LogP contribution in [-0.4, -0.2) is 15.6 Å². The highest BCUT2D eigenvalue weighted by Crippen LogP contribution is 2.24. The van der Waals surface area contributed by atoms with E-state index in [-0.39, 0.29) is 0 Å². The van der Waals surface area contributed by atoms with Crippen LogP contribution in [0.4, 0.5) is 0 Å². The lowest BCUT2D eigenvalue weighted by atomic mass is 10.1. The van der Waals surface area contributed by atoms with Crippen LogP contribution >= 0.6 is 0 Å². The number of carboxylic acids is 1. The maximum atomic E-state index is 11.9. The molecule has 0 fully saturated rings. The summed E-state index contributed by atoms with van der Waals surface area (Å²) in [5.74, 6) is -0.866. The Balaban J connectivity index is 1.85. The van der Waals surface area contributed by atoms with E-state index < -0.39 is 5.97 Å². The smallest absolute Gasteiger partial charge is 0.337 e. The monoisotopic (exact) mass is 362 g/mol. The van der Waals surface area contributed by atoms with Crippen LogP contribution in [-0.2, 0) is 19.6 Å². The van der Waals surface area contributed by atoms with Crippen LogP contribution in [0.5, 0.6) is 0 Å². The summed E-state index contributed by atoms with van der Waals surface area (Å²) in [6.45, 7) is 7.89. The summed E-state index contributed by atoms with van der Waals surface area (Å²) < 4.78 is 2.11. The highest BCUT2D eigenvalue weighted by molar-refractivity contribution is 5.91. The summed E-state index contributed by atoms with van der Waals surface area (Å²) in [4.78, 5) is 11.9. The number of benzene rings is 2. The largest absolute Gasteiger partial charge is 0.478 e. The Hall–Kier alpha value is -2.85. The molecule has 0 amide bonds. The standard InChI is InChI=1S/C23H26N2O2/c1-16-8-7-11-20(12-16)15-25-17(2)21(22(18(25)3)23(26)27)14-24-13-19-9-5-4-6-10-19/h4-12,24H,13-15H2,1-3H3,(H,26,27). The third-order valence-electron chi connectivity index (χ3n) is 5.02. The fourth-order valence-corrected chi connectivity index (χ4v) is 3.61. The molecule has 4 nitrogen and oxygen atoms in total. The molecule has 0 radical (unpaired) electrons. The van der Waals surface area contributed by atoms with Gasteiger partial charge in [0.1, 0.15) is 0 Å². The maximum absolute atomic E-state index is 11.9. The van der Waals surface area contributed by atoms with Crippen molar-refractivity contribution >= 4 is 5.97 Å². The molecule has 3 aromatic rings. The Morgan fingerprint density at radius 3 is 2.30 bits per heavy atom. The highest BCUT2D eigenvalue weighted by atomic mass is 16.4. The highest BCUT2D eigenvalue weighted by Gasteiger charge is 2.22. The second-order valence-electron chi connectivity index (χ2n) is 6.99. The zero-order valence-electron chi connectivity index (χ0n) is 16.1. The van der Waals surface area contributed by atoms with E-state index in [1.54, 1.807) is 0 Å². The zero-order chi connectivity index (χ0) is 19.4. The Morgan fingerprint density at radius 1 is 0.926 bits per heavy atom. The number of aryl methyl sites for hydroxylation is 1. The summed E-state index contributed by atoms with van der Waals surface area (Å²) in [6.07, 6.45) is 0. The first-order valence-electron chi connectivity index (χ1n) is 9.19. The van der Waals surface area contributed by atoms with E-state index in [0.29, 0.717) is 25.2 Å². The summed E-state index contributed by atoms with van der Waals surface area (Å²) in [5, 5.41) is 13.2. The number of rotatable bonds is 7. The number of carboxylic acid groups (broad SMARTS) is 1.